The van der Waals surface area contributed by atoms with Gasteiger partial charge < -0.3 is 14.2 Å². The second-order valence-corrected chi connectivity index (χ2v) is 6.45. The topological polar surface area (TPSA) is 61.8 Å². The van der Waals surface area contributed by atoms with Crippen molar-refractivity contribution in [2.75, 3.05) is 19.8 Å². The summed E-state index contributed by atoms with van der Waals surface area (Å²) in [6.45, 7) is 5.54. The number of carbonyl (C=O) groups is 2. The van der Waals surface area contributed by atoms with Crippen molar-refractivity contribution in [2.45, 2.75) is 45.6 Å². The number of carbonyl (C=O) groups excluding carboxylic acids is 2. The quantitative estimate of drug-likeness (QED) is 0.537. The highest BCUT2D eigenvalue weighted by atomic mass is 16.6. The van der Waals surface area contributed by atoms with Crippen LogP contribution in [0.15, 0.2) is 24.3 Å². The highest BCUT2D eigenvalue weighted by molar-refractivity contribution is 6.03. The Labute approximate surface area is 143 Å². The zero-order chi connectivity index (χ0) is 17.4. The first kappa shape index (κ1) is 18.5. The van der Waals surface area contributed by atoms with Crippen LogP contribution in [0.4, 0.5) is 0 Å². The molecule has 1 aromatic carbocycles. The van der Waals surface area contributed by atoms with E-state index in [-0.39, 0.29) is 23.8 Å². The van der Waals surface area contributed by atoms with Gasteiger partial charge in [-0.3, -0.25) is 0 Å². The molecule has 0 radical (unpaired) electrons. The summed E-state index contributed by atoms with van der Waals surface area (Å²) < 4.78 is 16.0. The number of benzene rings is 1. The molecule has 5 heteroatoms. The average molecular weight is 334 g/mol. The second kappa shape index (κ2) is 9.42. The minimum atomic E-state index is -0.514. The molecule has 0 N–H and O–H groups in total. The molecule has 1 heterocycles. The molecule has 5 nitrogen and oxygen atoms in total. The maximum absolute atomic E-state index is 12.3. The van der Waals surface area contributed by atoms with Crippen LogP contribution in [0.5, 0.6) is 0 Å². The van der Waals surface area contributed by atoms with Gasteiger partial charge in [-0.1, -0.05) is 26.0 Å². The van der Waals surface area contributed by atoms with Crippen LogP contribution in [0.1, 0.15) is 60.2 Å². The molecule has 24 heavy (non-hydrogen) atoms. The van der Waals surface area contributed by atoms with Gasteiger partial charge >= 0.3 is 11.9 Å². The Bertz CT molecular complexity index is 546. The lowest BCUT2D eigenvalue weighted by Crippen LogP contribution is -2.20. The molecule has 0 bridgehead atoms. The Balaban J connectivity index is 1.90. The van der Waals surface area contributed by atoms with E-state index in [1.807, 2.05) is 0 Å². The Hall–Kier alpha value is -1.88. The van der Waals surface area contributed by atoms with Gasteiger partial charge in [0, 0.05) is 6.61 Å². The molecule has 132 valence electrons. The van der Waals surface area contributed by atoms with E-state index in [4.69, 9.17) is 14.2 Å². The lowest BCUT2D eigenvalue weighted by molar-refractivity contribution is 0.0157. The number of esters is 2. The first-order valence-electron chi connectivity index (χ1n) is 8.63. The average Bonchev–Trinajstić information content (AvgIpc) is 3.09. The number of hydrogen-bond donors (Lipinski definition) is 0. The number of rotatable bonds is 8. The summed E-state index contributed by atoms with van der Waals surface area (Å²) in [6.07, 6.45) is 3.66. The fraction of sp³-hybridized carbons (Fsp3) is 0.579. The molecule has 0 saturated carbocycles. The van der Waals surface area contributed by atoms with Gasteiger partial charge in [0.25, 0.3) is 0 Å². The minimum absolute atomic E-state index is 0.0379. The lowest BCUT2D eigenvalue weighted by Gasteiger charge is -2.12. The zero-order valence-electron chi connectivity index (χ0n) is 14.5. The van der Waals surface area contributed by atoms with Crippen molar-refractivity contribution >= 4 is 11.9 Å². The SMILES string of the molecule is CC(C)CCCOC(=O)c1ccccc1C(=O)OCC1CCCO1. The van der Waals surface area contributed by atoms with Crippen molar-refractivity contribution in [1.29, 1.82) is 0 Å². The van der Waals surface area contributed by atoms with E-state index in [9.17, 15) is 9.59 Å². The van der Waals surface area contributed by atoms with Gasteiger partial charge in [0.05, 0.1) is 23.8 Å². The summed E-state index contributed by atoms with van der Waals surface area (Å²) >= 11 is 0. The largest absolute Gasteiger partial charge is 0.462 e. The Morgan fingerprint density at radius 2 is 1.83 bits per heavy atom. The van der Waals surface area contributed by atoms with Crippen LogP contribution in [0.2, 0.25) is 0 Å². The summed E-state index contributed by atoms with van der Waals surface area (Å²) in [4.78, 5) is 24.5. The lowest BCUT2D eigenvalue weighted by atomic mass is 10.1. The second-order valence-electron chi connectivity index (χ2n) is 6.45. The Morgan fingerprint density at radius 1 is 1.17 bits per heavy atom. The van der Waals surface area contributed by atoms with Gasteiger partial charge in [-0.15, -0.1) is 0 Å². The molecule has 0 aliphatic carbocycles. The van der Waals surface area contributed by atoms with Crippen molar-refractivity contribution in [3.8, 4) is 0 Å². The van der Waals surface area contributed by atoms with Crippen LogP contribution in [0, 0.1) is 5.92 Å². The predicted octanol–water partition coefficient (Wildman–Crippen LogP) is 3.62. The smallest absolute Gasteiger partial charge is 0.339 e. The number of hydrogen-bond acceptors (Lipinski definition) is 5. The molecule has 0 aromatic heterocycles. The van der Waals surface area contributed by atoms with Gasteiger partial charge in [0.2, 0.25) is 0 Å². The van der Waals surface area contributed by atoms with Crippen molar-refractivity contribution in [3.63, 3.8) is 0 Å². The van der Waals surface area contributed by atoms with Crippen LogP contribution in [0.3, 0.4) is 0 Å². The van der Waals surface area contributed by atoms with E-state index in [2.05, 4.69) is 13.8 Å². The first-order valence-corrected chi connectivity index (χ1v) is 8.63. The van der Waals surface area contributed by atoms with Crippen LogP contribution < -0.4 is 0 Å². The fourth-order valence-corrected chi connectivity index (χ4v) is 2.60. The molecule has 1 atom stereocenters. The Kier molecular flexibility index (Phi) is 7.25. The van der Waals surface area contributed by atoms with Crippen molar-refractivity contribution < 1.29 is 23.8 Å². The van der Waals surface area contributed by atoms with Gasteiger partial charge in [-0.25, -0.2) is 9.59 Å². The van der Waals surface area contributed by atoms with E-state index in [1.54, 1.807) is 24.3 Å². The highest BCUT2D eigenvalue weighted by Crippen LogP contribution is 2.16. The van der Waals surface area contributed by atoms with Crippen LogP contribution in [0.25, 0.3) is 0 Å². The molecule has 1 fully saturated rings. The maximum atomic E-state index is 12.3. The molecule has 1 aliphatic heterocycles. The van der Waals surface area contributed by atoms with E-state index >= 15 is 0 Å². The fourth-order valence-electron chi connectivity index (χ4n) is 2.60. The maximum Gasteiger partial charge on any atom is 0.339 e. The van der Waals surface area contributed by atoms with E-state index in [0.717, 1.165) is 25.7 Å². The molecule has 1 aromatic rings. The third-order valence-corrected chi connectivity index (χ3v) is 3.95. The van der Waals surface area contributed by atoms with Gasteiger partial charge in [0.15, 0.2) is 0 Å². The predicted molar refractivity (Wildman–Crippen MR) is 90.1 cm³/mol. The highest BCUT2D eigenvalue weighted by Gasteiger charge is 2.22. The monoisotopic (exact) mass is 334 g/mol. The zero-order valence-corrected chi connectivity index (χ0v) is 14.5. The molecule has 1 saturated heterocycles. The van der Waals surface area contributed by atoms with Gasteiger partial charge in [0.1, 0.15) is 6.61 Å². The van der Waals surface area contributed by atoms with E-state index < -0.39 is 11.9 Å². The summed E-state index contributed by atoms with van der Waals surface area (Å²) in [5.41, 5.74) is 0.490. The van der Waals surface area contributed by atoms with Crippen molar-refractivity contribution in [2.24, 2.45) is 5.92 Å². The molecular weight excluding hydrogens is 308 g/mol. The molecular formula is C19H26O5. The third kappa shape index (κ3) is 5.64. The van der Waals surface area contributed by atoms with Crippen LogP contribution >= 0.6 is 0 Å². The summed E-state index contributed by atoms with van der Waals surface area (Å²) in [5, 5.41) is 0. The Morgan fingerprint density at radius 3 is 2.42 bits per heavy atom. The van der Waals surface area contributed by atoms with Gasteiger partial charge in [-0.05, 0) is 43.7 Å². The summed E-state index contributed by atoms with van der Waals surface area (Å²) in [6, 6.07) is 6.59. The third-order valence-electron chi connectivity index (χ3n) is 3.95. The molecule has 0 amide bonds. The number of ether oxygens (including phenoxy) is 3. The summed E-state index contributed by atoms with van der Waals surface area (Å²) in [5.74, 6) is -0.424. The van der Waals surface area contributed by atoms with Crippen LogP contribution in [-0.2, 0) is 14.2 Å². The van der Waals surface area contributed by atoms with Crippen molar-refractivity contribution in [3.05, 3.63) is 35.4 Å². The normalized spacial score (nSPS) is 17.0. The minimum Gasteiger partial charge on any atom is -0.462 e. The van der Waals surface area contributed by atoms with Crippen LogP contribution in [-0.4, -0.2) is 37.9 Å². The van der Waals surface area contributed by atoms with Gasteiger partial charge in [-0.2, -0.15) is 0 Å². The first-order chi connectivity index (χ1) is 11.6. The molecule has 2 rings (SSSR count). The molecule has 1 aliphatic rings. The van der Waals surface area contributed by atoms with Crippen molar-refractivity contribution in [1.82, 2.24) is 0 Å². The standard InChI is InChI=1S/C19H26O5/c1-14(2)7-5-12-23-18(20)16-9-3-4-10-17(16)19(21)24-13-15-8-6-11-22-15/h3-4,9-10,14-15H,5-8,11-13H2,1-2H3. The summed E-state index contributed by atoms with van der Waals surface area (Å²) in [7, 11) is 0. The molecule has 1 unspecified atom stereocenters. The molecule has 0 spiro atoms. The van der Waals surface area contributed by atoms with E-state index in [1.165, 1.54) is 0 Å². The van der Waals surface area contributed by atoms with E-state index in [0.29, 0.717) is 19.1 Å².